The first-order valence-electron chi connectivity index (χ1n) is 10.1. The van der Waals surface area contributed by atoms with Gasteiger partial charge in [-0.1, -0.05) is 96.8 Å². The summed E-state index contributed by atoms with van der Waals surface area (Å²) in [4.78, 5) is 11.3. The van der Waals surface area contributed by atoms with Crippen LogP contribution < -0.4 is 5.32 Å². The lowest BCUT2D eigenvalue weighted by atomic mass is 10.0. The average molecular weight is 313 g/mol. The lowest BCUT2D eigenvalue weighted by molar-refractivity contribution is -0.121. The molecule has 0 heterocycles. The summed E-state index contributed by atoms with van der Waals surface area (Å²) in [6.45, 7) is 5.02. The average Bonchev–Trinajstić information content (AvgIpc) is 2.51. The Morgan fingerprint density at radius 3 is 1.36 bits per heavy atom. The van der Waals surface area contributed by atoms with E-state index < -0.39 is 0 Å². The van der Waals surface area contributed by atoms with E-state index in [1.807, 2.05) is 6.92 Å². The zero-order valence-corrected chi connectivity index (χ0v) is 15.4. The third-order valence-electron chi connectivity index (χ3n) is 4.38. The predicted molar refractivity (Wildman–Crippen MR) is 99.3 cm³/mol. The standard InChI is InChI=1S/C20H41NO/c1-3-5-6-7-8-9-10-11-12-13-14-15-16-17-18-19-20(22)21-4-2/h3-19H2,1-2H3,(H,21,22)/p+1. The van der Waals surface area contributed by atoms with E-state index in [1.54, 1.807) is 0 Å². The Morgan fingerprint density at radius 1 is 0.636 bits per heavy atom. The first kappa shape index (κ1) is 21.5. The molecule has 0 unspecified atom stereocenters. The number of unbranched alkanes of at least 4 members (excludes halogenated alkanes) is 14. The van der Waals surface area contributed by atoms with Gasteiger partial charge in [-0.05, 0) is 13.3 Å². The van der Waals surface area contributed by atoms with Crippen LogP contribution in [-0.4, -0.2) is 12.5 Å². The molecular formula is C20H42NO+. The minimum atomic E-state index is 0. The lowest BCUT2D eigenvalue weighted by Gasteiger charge is -2.04. The second-order valence-corrected chi connectivity index (χ2v) is 6.65. The van der Waals surface area contributed by atoms with Crippen LogP contribution in [0.5, 0.6) is 0 Å². The normalized spacial score (nSPS) is 10.8. The number of nitrogens with one attached hydrogen (secondary N) is 1. The summed E-state index contributed by atoms with van der Waals surface area (Å²) in [6, 6.07) is 0. The van der Waals surface area contributed by atoms with Gasteiger partial charge >= 0.3 is 1.43 Å². The fourth-order valence-corrected chi connectivity index (χ4v) is 2.94. The minimum Gasteiger partial charge on any atom is -0.356 e. The van der Waals surface area contributed by atoms with Crippen LogP contribution in [0.25, 0.3) is 0 Å². The highest BCUT2D eigenvalue weighted by Gasteiger charge is 1.98. The molecule has 1 amide bonds. The molecule has 22 heavy (non-hydrogen) atoms. The van der Waals surface area contributed by atoms with Gasteiger partial charge in [0.15, 0.2) is 0 Å². The van der Waals surface area contributed by atoms with Crippen LogP contribution in [0.1, 0.15) is 118 Å². The molecular weight excluding hydrogens is 270 g/mol. The first-order valence-corrected chi connectivity index (χ1v) is 10.1. The highest BCUT2D eigenvalue weighted by molar-refractivity contribution is 5.75. The minimum absolute atomic E-state index is 0. The van der Waals surface area contributed by atoms with E-state index in [1.165, 1.54) is 89.9 Å². The van der Waals surface area contributed by atoms with Gasteiger partial charge in [-0.3, -0.25) is 4.79 Å². The number of rotatable bonds is 17. The predicted octanol–water partition coefficient (Wildman–Crippen LogP) is 6.50. The quantitative estimate of drug-likeness (QED) is 0.305. The van der Waals surface area contributed by atoms with Gasteiger partial charge in [-0.2, -0.15) is 0 Å². The molecule has 132 valence electrons. The zero-order chi connectivity index (χ0) is 16.3. The molecule has 0 aliphatic carbocycles. The Kier molecular flexibility index (Phi) is 18.1. The SMILES string of the molecule is CCCCCCCCCCCCCCCCCC(=O)NCC.[H+]. The highest BCUT2D eigenvalue weighted by Crippen LogP contribution is 2.13. The van der Waals surface area contributed by atoms with E-state index >= 15 is 0 Å². The van der Waals surface area contributed by atoms with Crippen LogP contribution in [-0.2, 0) is 4.79 Å². The van der Waals surface area contributed by atoms with E-state index in [2.05, 4.69) is 12.2 Å². The molecule has 0 bridgehead atoms. The van der Waals surface area contributed by atoms with Crippen molar-refractivity contribution in [1.29, 1.82) is 0 Å². The largest absolute Gasteiger partial charge is 1.00 e. The maximum atomic E-state index is 11.3. The van der Waals surface area contributed by atoms with E-state index in [0.29, 0.717) is 6.42 Å². The third kappa shape index (κ3) is 17.5. The fraction of sp³-hybridized carbons (Fsp3) is 0.950. The van der Waals surface area contributed by atoms with Gasteiger partial charge in [0.2, 0.25) is 5.91 Å². The smallest absolute Gasteiger partial charge is 0.356 e. The van der Waals surface area contributed by atoms with Crippen LogP contribution in [0.2, 0.25) is 0 Å². The van der Waals surface area contributed by atoms with E-state index in [-0.39, 0.29) is 7.33 Å². The van der Waals surface area contributed by atoms with E-state index in [9.17, 15) is 4.79 Å². The molecule has 0 aromatic rings. The number of carbonyl (C=O) groups excluding carboxylic acids is 1. The molecule has 0 spiro atoms. The van der Waals surface area contributed by atoms with Gasteiger partial charge in [0.25, 0.3) is 0 Å². The molecule has 0 aromatic carbocycles. The summed E-state index contributed by atoms with van der Waals surface area (Å²) < 4.78 is 0. The first-order chi connectivity index (χ1) is 10.8. The Morgan fingerprint density at radius 2 is 1.00 bits per heavy atom. The Balaban J connectivity index is 0. The second-order valence-electron chi connectivity index (χ2n) is 6.65. The monoisotopic (exact) mass is 312 g/mol. The molecule has 0 saturated carbocycles. The summed E-state index contributed by atoms with van der Waals surface area (Å²) >= 11 is 0. The van der Waals surface area contributed by atoms with Gasteiger partial charge < -0.3 is 5.32 Å². The number of hydrogen-bond donors (Lipinski definition) is 1. The molecule has 0 atom stereocenters. The maximum absolute atomic E-state index is 11.3. The number of hydrogen-bond acceptors (Lipinski definition) is 1. The molecule has 0 radical (unpaired) electrons. The van der Waals surface area contributed by atoms with Crippen LogP contribution >= 0.6 is 0 Å². The van der Waals surface area contributed by atoms with Gasteiger partial charge in [-0.25, -0.2) is 0 Å². The van der Waals surface area contributed by atoms with E-state index in [4.69, 9.17) is 0 Å². The topological polar surface area (TPSA) is 29.1 Å². The molecule has 1 N–H and O–H groups in total. The van der Waals surface area contributed by atoms with Gasteiger partial charge in [0.1, 0.15) is 0 Å². The van der Waals surface area contributed by atoms with Crippen molar-refractivity contribution in [2.75, 3.05) is 6.54 Å². The highest BCUT2D eigenvalue weighted by atomic mass is 16.1. The molecule has 2 heteroatoms. The van der Waals surface area contributed by atoms with Crippen molar-refractivity contribution in [2.24, 2.45) is 0 Å². The van der Waals surface area contributed by atoms with Crippen LogP contribution in [0, 0.1) is 0 Å². The Labute approximate surface area is 141 Å². The lowest BCUT2D eigenvalue weighted by Crippen LogP contribution is -2.21. The number of carbonyl (C=O) groups is 1. The van der Waals surface area contributed by atoms with Crippen LogP contribution in [0.15, 0.2) is 0 Å². The van der Waals surface area contributed by atoms with Crippen molar-refractivity contribution in [1.82, 2.24) is 5.32 Å². The molecule has 0 rings (SSSR count). The van der Waals surface area contributed by atoms with Gasteiger partial charge in [0, 0.05) is 13.0 Å². The summed E-state index contributed by atoms with van der Waals surface area (Å²) in [5, 5.41) is 2.86. The third-order valence-corrected chi connectivity index (χ3v) is 4.38. The fourth-order valence-electron chi connectivity index (χ4n) is 2.94. The summed E-state index contributed by atoms with van der Waals surface area (Å²) in [6.07, 6.45) is 21.3. The summed E-state index contributed by atoms with van der Waals surface area (Å²) in [7, 11) is 0. The molecule has 0 aromatic heterocycles. The Hall–Kier alpha value is -0.530. The van der Waals surface area contributed by atoms with E-state index in [0.717, 1.165) is 13.0 Å². The van der Waals surface area contributed by atoms with Crippen LogP contribution in [0.3, 0.4) is 0 Å². The Bertz CT molecular complexity index is 234. The van der Waals surface area contributed by atoms with Gasteiger partial charge in [-0.15, -0.1) is 0 Å². The zero-order valence-electron chi connectivity index (χ0n) is 16.4. The number of amides is 1. The van der Waals surface area contributed by atoms with Crippen molar-refractivity contribution in [3.8, 4) is 0 Å². The molecule has 2 nitrogen and oxygen atoms in total. The summed E-state index contributed by atoms with van der Waals surface area (Å²) in [5.41, 5.74) is 0. The maximum Gasteiger partial charge on any atom is 1.00 e. The van der Waals surface area contributed by atoms with Crippen molar-refractivity contribution in [3.63, 3.8) is 0 Å². The van der Waals surface area contributed by atoms with Gasteiger partial charge in [0.05, 0.1) is 0 Å². The molecule has 0 fully saturated rings. The second kappa shape index (κ2) is 18.5. The molecule has 0 aliphatic heterocycles. The van der Waals surface area contributed by atoms with Crippen molar-refractivity contribution < 1.29 is 6.22 Å². The van der Waals surface area contributed by atoms with Crippen molar-refractivity contribution in [2.45, 2.75) is 117 Å². The molecule has 0 saturated heterocycles. The molecule has 0 aliphatic rings. The van der Waals surface area contributed by atoms with Crippen molar-refractivity contribution in [3.05, 3.63) is 0 Å². The van der Waals surface area contributed by atoms with Crippen LogP contribution in [0.4, 0.5) is 0 Å². The van der Waals surface area contributed by atoms with Crippen molar-refractivity contribution >= 4 is 5.91 Å². The summed E-state index contributed by atoms with van der Waals surface area (Å²) in [5.74, 6) is 0.220.